The summed E-state index contributed by atoms with van der Waals surface area (Å²) in [6, 6.07) is 21.3. The van der Waals surface area contributed by atoms with Gasteiger partial charge in [0.15, 0.2) is 6.20 Å². The number of aryl methyl sites for hydroxylation is 3. The second kappa shape index (κ2) is 8.68. The van der Waals surface area contributed by atoms with Crippen LogP contribution >= 0.6 is 0 Å². The third kappa shape index (κ3) is 3.59. The highest BCUT2D eigenvalue weighted by Gasteiger charge is 2.28. The summed E-state index contributed by atoms with van der Waals surface area (Å²) in [6.07, 6.45) is 10.1. The third-order valence-corrected chi connectivity index (χ3v) is 10.2. The van der Waals surface area contributed by atoms with Gasteiger partial charge in [-0.3, -0.25) is 0 Å². The molecule has 1 saturated carbocycles. The lowest BCUT2D eigenvalue weighted by molar-refractivity contribution is -0.643. The quantitative estimate of drug-likeness (QED) is 0.120. The molecule has 3 heterocycles. The maximum Gasteiger partial charge on any atom is 0.224 e. The normalized spacial score (nSPS) is 15.3. The molecule has 0 radical (unpaired) electrons. The molecule has 0 N–H and O–H groups in total. The van der Waals surface area contributed by atoms with Gasteiger partial charge < -0.3 is 4.40 Å². The van der Waals surface area contributed by atoms with E-state index in [1.54, 1.807) is 5.56 Å². The van der Waals surface area contributed by atoms with Crippen LogP contribution in [-0.2, 0) is 19.9 Å². The van der Waals surface area contributed by atoms with Gasteiger partial charge >= 0.3 is 0 Å². The minimum absolute atomic E-state index is 0.258. The van der Waals surface area contributed by atoms with Gasteiger partial charge in [-0.1, -0.05) is 82.9 Å². The minimum Gasteiger partial charge on any atom is -0.307 e. The fraction of sp³-hybridized carbons (Fsp3) is 0.359. The van der Waals surface area contributed by atoms with Crippen molar-refractivity contribution in [1.82, 2.24) is 4.40 Å². The van der Waals surface area contributed by atoms with E-state index in [0.717, 1.165) is 12.3 Å². The second-order valence-corrected chi connectivity index (χ2v) is 14.3. The molecule has 7 aromatic rings. The number of rotatable bonds is 3. The Morgan fingerprint density at radius 3 is 2.37 bits per heavy atom. The van der Waals surface area contributed by atoms with Crippen LogP contribution in [0.25, 0.3) is 59.8 Å². The van der Waals surface area contributed by atoms with Crippen molar-refractivity contribution in [2.45, 2.75) is 73.1 Å². The predicted molar refractivity (Wildman–Crippen MR) is 176 cm³/mol. The van der Waals surface area contributed by atoms with Crippen LogP contribution in [0.1, 0.15) is 68.7 Å². The standard InChI is InChI=1S/C39H41N2/c1-23-31-20-26(22-39(3,4)5)15-16-29(31)24(2)36-33(23)37-35-27(17-18-40(37)6)21-28(19-25-11-7-8-12-25)34-30-13-9-10-14-32(30)41(36)38(34)35/h9-10,13-18,20-21,25H,7-8,11-12,19,22H2,1-6H3/q+1. The Hall–Kier alpha value is -3.65. The van der Waals surface area contributed by atoms with Crippen LogP contribution in [0.4, 0.5) is 0 Å². The molecule has 8 rings (SSSR count). The molecular weight excluding hydrogens is 496 g/mol. The Morgan fingerprint density at radius 2 is 1.59 bits per heavy atom. The summed E-state index contributed by atoms with van der Waals surface area (Å²) in [6.45, 7) is 11.7. The number of hydrogen-bond donors (Lipinski definition) is 0. The van der Waals surface area contributed by atoms with Crippen molar-refractivity contribution in [3.05, 3.63) is 83.0 Å². The van der Waals surface area contributed by atoms with Crippen LogP contribution in [0.15, 0.2) is 60.8 Å². The van der Waals surface area contributed by atoms with Crippen molar-refractivity contribution >= 4 is 59.8 Å². The predicted octanol–water partition coefficient (Wildman–Crippen LogP) is 9.91. The number of aromatic nitrogens is 2. The molecule has 2 heteroatoms. The first-order valence-electron chi connectivity index (χ1n) is 15.6. The molecule has 2 nitrogen and oxygen atoms in total. The Labute approximate surface area is 242 Å². The Bertz CT molecular complexity index is 2160. The molecular formula is C39H41N2+. The number of fused-ring (bicyclic) bond motifs is 7. The van der Waals surface area contributed by atoms with Gasteiger partial charge in [0, 0.05) is 16.8 Å². The summed E-state index contributed by atoms with van der Waals surface area (Å²) < 4.78 is 5.04. The molecule has 0 bridgehead atoms. The molecule has 1 aliphatic rings. The van der Waals surface area contributed by atoms with Crippen molar-refractivity contribution in [1.29, 1.82) is 0 Å². The molecule has 0 atom stereocenters. The van der Waals surface area contributed by atoms with Crippen molar-refractivity contribution < 1.29 is 4.57 Å². The van der Waals surface area contributed by atoms with Gasteiger partial charge in [0.25, 0.3) is 0 Å². The highest BCUT2D eigenvalue weighted by Crippen LogP contribution is 2.46. The Kier molecular flexibility index (Phi) is 5.31. The summed E-state index contributed by atoms with van der Waals surface area (Å²) in [5.74, 6) is 0.808. The van der Waals surface area contributed by atoms with Gasteiger partial charge in [0.2, 0.25) is 5.52 Å². The van der Waals surface area contributed by atoms with Gasteiger partial charge in [-0.25, -0.2) is 4.57 Å². The van der Waals surface area contributed by atoms with E-state index in [0.29, 0.717) is 0 Å². The molecule has 0 saturated heterocycles. The molecule has 41 heavy (non-hydrogen) atoms. The lowest BCUT2D eigenvalue weighted by Gasteiger charge is -2.21. The van der Waals surface area contributed by atoms with Crippen molar-refractivity contribution in [3.8, 4) is 0 Å². The Morgan fingerprint density at radius 1 is 0.805 bits per heavy atom. The van der Waals surface area contributed by atoms with Crippen molar-refractivity contribution in [3.63, 3.8) is 0 Å². The first-order valence-corrected chi connectivity index (χ1v) is 15.6. The molecule has 1 fully saturated rings. The topological polar surface area (TPSA) is 8.29 Å². The first-order chi connectivity index (χ1) is 19.7. The zero-order valence-electron chi connectivity index (χ0n) is 25.5. The highest BCUT2D eigenvalue weighted by molar-refractivity contribution is 6.29. The van der Waals surface area contributed by atoms with Gasteiger partial charge in [-0.15, -0.1) is 0 Å². The zero-order chi connectivity index (χ0) is 28.2. The van der Waals surface area contributed by atoms with Gasteiger partial charge in [-0.2, -0.15) is 0 Å². The van der Waals surface area contributed by atoms with Crippen LogP contribution in [0.2, 0.25) is 0 Å². The first kappa shape index (κ1) is 25.1. The van der Waals surface area contributed by atoms with E-state index in [1.807, 2.05) is 0 Å². The van der Waals surface area contributed by atoms with Gasteiger partial charge in [0.05, 0.1) is 27.3 Å². The van der Waals surface area contributed by atoms with Crippen LogP contribution in [-0.4, -0.2) is 4.40 Å². The molecule has 4 aromatic carbocycles. The van der Waals surface area contributed by atoms with Crippen LogP contribution in [0, 0.1) is 25.2 Å². The van der Waals surface area contributed by atoms with E-state index in [9.17, 15) is 0 Å². The van der Waals surface area contributed by atoms with Crippen LogP contribution < -0.4 is 4.57 Å². The molecule has 0 unspecified atom stereocenters. The minimum atomic E-state index is 0.258. The van der Waals surface area contributed by atoms with E-state index in [2.05, 4.69) is 111 Å². The van der Waals surface area contributed by atoms with E-state index < -0.39 is 0 Å². The van der Waals surface area contributed by atoms with Crippen molar-refractivity contribution in [2.75, 3.05) is 0 Å². The average molecular weight is 538 g/mol. The summed E-state index contributed by atoms with van der Waals surface area (Å²) in [4.78, 5) is 0. The maximum absolute atomic E-state index is 2.65. The lowest BCUT2D eigenvalue weighted by atomic mass is 9.85. The third-order valence-electron chi connectivity index (χ3n) is 10.2. The van der Waals surface area contributed by atoms with Gasteiger partial charge in [0.1, 0.15) is 7.05 Å². The second-order valence-electron chi connectivity index (χ2n) is 14.3. The summed E-state index contributed by atoms with van der Waals surface area (Å²) in [5.41, 5.74) is 11.5. The number of pyridine rings is 2. The van der Waals surface area contributed by atoms with E-state index in [1.165, 1.54) is 109 Å². The van der Waals surface area contributed by atoms with Crippen LogP contribution in [0.5, 0.6) is 0 Å². The molecule has 206 valence electrons. The number of para-hydroxylation sites is 1. The lowest BCUT2D eigenvalue weighted by Crippen LogP contribution is -2.29. The maximum atomic E-state index is 2.65. The highest BCUT2D eigenvalue weighted by atomic mass is 15.0. The molecule has 0 amide bonds. The van der Waals surface area contributed by atoms with Crippen molar-refractivity contribution in [2.24, 2.45) is 18.4 Å². The summed E-state index contributed by atoms with van der Waals surface area (Å²) in [7, 11) is 2.24. The van der Waals surface area contributed by atoms with Gasteiger partial charge in [-0.05, 0) is 88.6 Å². The monoisotopic (exact) mass is 537 g/mol. The smallest absolute Gasteiger partial charge is 0.224 e. The molecule has 3 aromatic heterocycles. The summed E-state index contributed by atoms with van der Waals surface area (Å²) >= 11 is 0. The molecule has 0 aliphatic heterocycles. The molecule has 1 aliphatic carbocycles. The number of nitrogens with zero attached hydrogens (tertiary/aromatic N) is 2. The number of hydrogen-bond acceptors (Lipinski definition) is 0. The zero-order valence-corrected chi connectivity index (χ0v) is 25.5. The summed E-state index contributed by atoms with van der Waals surface area (Å²) in [5, 5.41) is 9.86. The van der Waals surface area contributed by atoms with Crippen LogP contribution in [0.3, 0.4) is 0 Å². The largest absolute Gasteiger partial charge is 0.307 e. The SMILES string of the molecule is Cc1c2cc(CC(C)(C)C)ccc2c(C)c2c1c1c3c(cc[n+]1C)cc(CC1CCCC1)c1c4ccccc4n2c13. The van der Waals surface area contributed by atoms with E-state index in [4.69, 9.17) is 0 Å². The molecule has 0 spiro atoms. The van der Waals surface area contributed by atoms with E-state index >= 15 is 0 Å². The fourth-order valence-corrected chi connectivity index (χ4v) is 8.46. The Balaban J connectivity index is 1.60. The number of benzene rings is 4. The van der Waals surface area contributed by atoms with E-state index in [-0.39, 0.29) is 5.41 Å². The fourth-order valence-electron chi connectivity index (χ4n) is 8.46. The average Bonchev–Trinajstić information content (AvgIpc) is 3.57.